The lowest BCUT2D eigenvalue weighted by atomic mass is 10.2. The number of amides is 2. The van der Waals surface area contributed by atoms with Crippen LogP contribution in [0, 0.1) is 0 Å². The van der Waals surface area contributed by atoms with Gasteiger partial charge in [0, 0.05) is 16.2 Å². The average Bonchev–Trinajstić information content (AvgIpc) is 2.88. The number of rotatable bonds is 5. The standard InChI is InChI=1S/C18H12F3NO4S2/c19-18(20,21)28-11-7-5-10(6-8-11)22-15(23)9-14(16(22)24)27-13-4-2-1-3-12(13)17(25)26/h1-8,14H,9H2,(H,25,26)/t14-/m1/s1. The van der Waals surface area contributed by atoms with Gasteiger partial charge < -0.3 is 5.11 Å². The van der Waals surface area contributed by atoms with Crippen molar-refractivity contribution in [3.63, 3.8) is 0 Å². The van der Waals surface area contributed by atoms with Gasteiger partial charge in [-0.15, -0.1) is 11.8 Å². The number of halogens is 3. The molecule has 0 bridgehead atoms. The highest BCUT2D eigenvalue weighted by Gasteiger charge is 2.40. The Labute approximate surface area is 165 Å². The summed E-state index contributed by atoms with van der Waals surface area (Å²) in [5.74, 6) is -2.17. The predicted molar refractivity (Wildman–Crippen MR) is 98.5 cm³/mol. The maximum Gasteiger partial charge on any atom is 0.446 e. The van der Waals surface area contributed by atoms with Crippen molar-refractivity contribution in [1.82, 2.24) is 0 Å². The Morgan fingerprint density at radius 3 is 2.32 bits per heavy atom. The number of imide groups is 1. The fraction of sp³-hybridized carbons (Fsp3) is 0.167. The van der Waals surface area contributed by atoms with Crippen molar-refractivity contribution in [1.29, 1.82) is 0 Å². The Bertz CT molecular complexity index is 931. The van der Waals surface area contributed by atoms with Crippen molar-refractivity contribution < 1.29 is 32.7 Å². The van der Waals surface area contributed by atoms with E-state index in [0.29, 0.717) is 4.90 Å². The zero-order valence-corrected chi connectivity index (χ0v) is 15.6. The minimum Gasteiger partial charge on any atom is -0.478 e. The summed E-state index contributed by atoms with van der Waals surface area (Å²) in [4.78, 5) is 37.5. The molecule has 0 saturated carbocycles. The van der Waals surface area contributed by atoms with E-state index in [2.05, 4.69) is 0 Å². The lowest BCUT2D eigenvalue weighted by molar-refractivity contribution is -0.121. The summed E-state index contributed by atoms with van der Waals surface area (Å²) < 4.78 is 37.2. The number of alkyl halides is 3. The van der Waals surface area contributed by atoms with Gasteiger partial charge in [-0.3, -0.25) is 9.59 Å². The first kappa shape index (κ1) is 20.3. The van der Waals surface area contributed by atoms with E-state index >= 15 is 0 Å². The number of benzene rings is 2. The second-order valence-electron chi connectivity index (χ2n) is 5.72. The van der Waals surface area contributed by atoms with Crippen LogP contribution in [0.25, 0.3) is 0 Å². The molecule has 1 atom stereocenters. The fourth-order valence-electron chi connectivity index (χ4n) is 2.66. The Morgan fingerprint density at radius 2 is 1.71 bits per heavy atom. The number of carboxylic acid groups (broad SMARTS) is 1. The predicted octanol–water partition coefficient (Wildman–Crippen LogP) is 4.42. The third kappa shape index (κ3) is 4.50. The first-order chi connectivity index (χ1) is 13.2. The van der Waals surface area contributed by atoms with Gasteiger partial charge in [-0.25, -0.2) is 9.69 Å². The molecule has 3 rings (SSSR count). The number of hydrogen-bond acceptors (Lipinski definition) is 5. The van der Waals surface area contributed by atoms with E-state index in [1.807, 2.05) is 0 Å². The zero-order chi connectivity index (χ0) is 20.5. The van der Waals surface area contributed by atoms with Crippen molar-refractivity contribution in [2.24, 2.45) is 0 Å². The van der Waals surface area contributed by atoms with Crippen molar-refractivity contribution in [2.45, 2.75) is 27.0 Å². The van der Waals surface area contributed by atoms with Crippen LogP contribution >= 0.6 is 23.5 Å². The smallest absolute Gasteiger partial charge is 0.446 e. The largest absolute Gasteiger partial charge is 0.478 e. The van der Waals surface area contributed by atoms with Gasteiger partial charge in [0.05, 0.1) is 16.5 Å². The summed E-state index contributed by atoms with van der Waals surface area (Å²) in [6.07, 6.45) is -0.128. The molecule has 10 heteroatoms. The van der Waals surface area contributed by atoms with Gasteiger partial charge in [-0.2, -0.15) is 13.2 Å². The van der Waals surface area contributed by atoms with Crippen molar-refractivity contribution in [2.75, 3.05) is 4.90 Å². The molecule has 1 aliphatic rings. The summed E-state index contributed by atoms with van der Waals surface area (Å²) in [5, 5.41) is 8.43. The first-order valence-electron chi connectivity index (χ1n) is 7.87. The fourth-order valence-corrected chi connectivity index (χ4v) is 4.38. The van der Waals surface area contributed by atoms with E-state index in [1.54, 1.807) is 18.2 Å². The Kier molecular flexibility index (Phi) is 5.71. The molecule has 2 aromatic carbocycles. The molecule has 2 amide bonds. The molecule has 0 radical (unpaired) electrons. The number of nitrogens with zero attached hydrogens (tertiary/aromatic N) is 1. The van der Waals surface area contributed by atoms with Crippen LogP contribution < -0.4 is 4.90 Å². The summed E-state index contributed by atoms with van der Waals surface area (Å²) in [5.41, 5.74) is -4.23. The summed E-state index contributed by atoms with van der Waals surface area (Å²) in [7, 11) is 0. The maximum atomic E-state index is 12.7. The van der Waals surface area contributed by atoms with Crippen LogP contribution in [0.2, 0.25) is 0 Å². The molecule has 5 nitrogen and oxygen atoms in total. The van der Waals surface area contributed by atoms with E-state index in [-0.39, 0.29) is 34.3 Å². The number of carbonyl (C=O) groups excluding carboxylic acids is 2. The zero-order valence-electron chi connectivity index (χ0n) is 14.0. The van der Waals surface area contributed by atoms with Gasteiger partial charge in [0.25, 0.3) is 0 Å². The molecule has 0 unspecified atom stereocenters. The molecule has 28 heavy (non-hydrogen) atoms. The second kappa shape index (κ2) is 7.88. The van der Waals surface area contributed by atoms with Crippen LogP contribution in [0.1, 0.15) is 16.8 Å². The molecule has 1 N–H and O–H groups in total. The third-order valence-corrected chi connectivity index (χ3v) is 5.82. The number of carbonyl (C=O) groups is 3. The Hall–Kier alpha value is -2.46. The molecule has 0 aromatic heterocycles. The minimum absolute atomic E-state index is 0.0275. The molecular formula is C18H12F3NO4S2. The lowest BCUT2D eigenvalue weighted by Gasteiger charge is -2.16. The van der Waals surface area contributed by atoms with Crippen molar-refractivity contribution >= 4 is 47.0 Å². The number of thioether (sulfide) groups is 2. The highest BCUT2D eigenvalue weighted by Crippen LogP contribution is 2.39. The van der Waals surface area contributed by atoms with Gasteiger partial charge in [0.15, 0.2) is 0 Å². The molecule has 1 aliphatic heterocycles. The van der Waals surface area contributed by atoms with Gasteiger partial charge in [0.2, 0.25) is 11.8 Å². The van der Waals surface area contributed by atoms with Crippen LogP contribution in [0.3, 0.4) is 0 Å². The second-order valence-corrected chi connectivity index (χ2v) is 8.10. The molecule has 1 fully saturated rings. The van der Waals surface area contributed by atoms with E-state index in [9.17, 15) is 32.7 Å². The third-order valence-electron chi connectivity index (χ3n) is 3.82. The van der Waals surface area contributed by atoms with Crippen LogP contribution in [0.5, 0.6) is 0 Å². The summed E-state index contributed by atoms with van der Waals surface area (Å²) >= 11 is 0.694. The van der Waals surface area contributed by atoms with Crippen LogP contribution in [0.15, 0.2) is 58.3 Å². The number of hydrogen-bond donors (Lipinski definition) is 1. The Balaban J connectivity index is 1.78. The molecular weight excluding hydrogens is 415 g/mol. The quantitative estimate of drug-likeness (QED) is 0.563. The van der Waals surface area contributed by atoms with E-state index in [4.69, 9.17) is 0 Å². The maximum absolute atomic E-state index is 12.7. The van der Waals surface area contributed by atoms with Crippen LogP contribution in [-0.4, -0.2) is 33.6 Å². The van der Waals surface area contributed by atoms with Gasteiger partial charge in [-0.1, -0.05) is 12.1 Å². The minimum atomic E-state index is -4.43. The molecule has 1 heterocycles. The van der Waals surface area contributed by atoms with Crippen LogP contribution in [-0.2, 0) is 9.59 Å². The first-order valence-corrected chi connectivity index (χ1v) is 9.57. The topological polar surface area (TPSA) is 74.7 Å². The highest BCUT2D eigenvalue weighted by molar-refractivity contribution is 8.00. The molecule has 146 valence electrons. The normalized spacial score (nSPS) is 17.2. The molecule has 1 saturated heterocycles. The number of carboxylic acids is 1. The van der Waals surface area contributed by atoms with Crippen LogP contribution in [0.4, 0.5) is 18.9 Å². The summed E-state index contributed by atoms with van der Waals surface area (Å²) in [6.45, 7) is 0. The van der Waals surface area contributed by atoms with E-state index < -0.39 is 28.5 Å². The van der Waals surface area contributed by atoms with E-state index in [1.165, 1.54) is 30.3 Å². The highest BCUT2D eigenvalue weighted by atomic mass is 32.2. The SMILES string of the molecule is O=C(O)c1ccccc1S[C@@H]1CC(=O)N(c2ccc(SC(F)(F)F)cc2)C1=O. The van der Waals surface area contributed by atoms with E-state index in [0.717, 1.165) is 16.7 Å². The number of aromatic carboxylic acids is 1. The summed E-state index contributed by atoms with van der Waals surface area (Å²) in [6, 6.07) is 11.1. The van der Waals surface area contributed by atoms with Gasteiger partial charge in [-0.05, 0) is 48.2 Å². The molecule has 0 spiro atoms. The lowest BCUT2D eigenvalue weighted by Crippen LogP contribution is -2.31. The number of anilines is 1. The Morgan fingerprint density at radius 1 is 1.07 bits per heavy atom. The molecule has 0 aliphatic carbocycles. The van der Waals surface area contributed by atoms with Gasteiger partial charge >= 0.3 is 11.5 Å². The van der Waals surface area contributed by atoms with Crippen molar-refractivity contribution in [3.05, 3.63) is 54.1 Å². The monoisotopic (exact) mass is 427 g/mol. The van der Waals surface area contributed by atoms with Gasteiger partial charge in [0.1, 0.15) is 0 Å². The van der Waals surface area contributed by atoms with Crippen molar-refractivity contribution in [3.8, 4) is 0 Å². The molecule has 2 aromatic rings. The average molecular weight is 427 g/mol.